The fraction of sp³-hybridized carbons (Fsp3) is 0.917. The number of carbonyl (C=O) groups is 2. The summed E-state index contributed by atoms with van der Waals surface area (Å²) in [5, 5.41) is 35.7. The summed E-state index contributed by atoms with van der Waals surface area (Å²) in [7, 11) is 0. The number of aliphatic hydroxyl groups is 2. The first-order chi connectivity index (χ1) is 15.1. The molecule has 0 spiro atoms. The highest BCUT2D eigenvalue weighted by molar-refractivity contribution is 5.71. The Labute approximate surface area is 191 Å². The molecule has 0 aromatic heterocycles. The van der Waals surface area contributed by atoms with Crippen molar-refractivity contribution in [2.24, 2.45) is 29.6 Å². The first-order valence-electron chi connectivity index (χ1n) is 12.2. The van der Waals surface area contributed by atoms with Gasteiger partial charge in [0.2, 0.25) is 0 Å². The third-order valence-electron chi connectivity index (χ3n) is 7.45. The maximum Gasteiger partial charge on any atom is 0.306 e. The van der Waals surface area contributed by atoms with Crippen molar-refractivity contribution in [3.05, 3.63) is 0 Å². The van der Waals surface area contributed by atoms with E-state index in [1.165, 1.54) is 0 Å². The van der Waals surface area contributed by atoms with Gasteiger partial charge in [-0.25, -0.2) is 0 Å². The lowest BCUT2D eigenvalue weighted by Gasteiger charge is -2.21. The third kappa shape index (κ3) is 7.68. The second-order valence-corrected chi connectivity index (χ2v) is 9.92. The van der Waals surface area contributed by atoms with Crippen molar-refractivity contribution in [3.8, 4) is 0 Å². The number of carboxylic acid groups (broad SMARTS) is 2. The minimum absolute atomic E-state index is 0.0833. The second kappa shape index (κ2) is 12.3. The molecule has 8 heteroatoms. The number of aliphatic carboxylic acids is 2. The van der Waals surface area contributed by atoms with E-state index in [1.54, 1.807) is 0 Å². The Hall–Kier alpha value is -1.22. The van der Waals surface area contributed by atoms with Crippen LogP contribution in [-0.2, 0) is 19.1 Å². The summed E-state index contributed by atoms with van der Waals surface area (Å²) in [6, 6.07) is 0. The van der Waals surface area contributed by atoms with Crippen LogP contribution >= 0.6 is 0 Å². The zero-order chi connectivity index (χ0) is 24.0. The lowest BCUT2D eigenvalue weighted by Crippen LogP contribution is -2.28. The molecule has 0 aromatic carbocycles. The fourth-order valence-corrected chi connectivity index (χ4v) is 4.96. The molecule has 4 rings (SSSR count). The molecule has 10 unspecified atom stereocenters. The van der Waals surface area contributed by atoms with Crippen LogP contribution in [-0.4, -0.2) is 69.5 Å². The van der Waals surface area contributed by atoms with E-state index in [9.17, 15) is 14.7 Å². The molecule has 2 heterocycles. The number of aliphatic hydroxyl groups excluding tert-OH is 2. The van der Waals surface area contributed by atoms with Crippen LogP contribution in [0.15, 0.2) is 0 Å². The van der Waals surface area contributed by atoms with Crippen LogP contribution in [0.1, 0.15) is 72.6 Å². The van der Waals surface area contributed by atoms with Crippen LogP contribution in [0.5, 0.6) is 0 Å². The zero-order valence-corrected chi connectivity index (χ0v) is 19.9. The molecule has 4 fully saturated rings. The molecule has 186 valence electrons. The Kier molecular flexibility index (Phi) is 10.4. The monoisotopic (exact) mass is 458 g/mol. The number of rotatable bonds is 7. The topological polar surface area (TPSA) is 140 Å². The predicted molar refractivity (Wildman–Crippen MR) is 118 cm³/mol. The van der Waals surface area contributed by atoms with E-state index in [1.807, 2.05) is 27.7 Å². The number of ether oxygens (including phenoxy) is 2. The average Bonchev–Trinajstić information content (AvgIpc) is 3.63. The molecule has 4 aliphatic rings. The van der Waals surface area contributed by atoms with Crippen molar-refractivity contribution in [2.75, 3.05) is 6.61 Å². The maximum absolute atomic E-state index is 10.7. The highest BCUT2D eigenvalue weighted by atomic mass is 16.6. The molecular weight excluding hydrogens is 416 g/mol. The molecule has 0 radical (unpaired) electrons. The van der Waals surface area contributed by atoms with Crippen molar-refractivity contribution in [3.63, 3.8) is 0 Å². The Balaban J connectivity index is 0.000000171. The van der Waals surface area contributed by atoms with Gasteiger partial charge < -0.3 is 29.9 Å². The van der Waals surface area contributed by atoms with Crippen LogP contribution in [0.2, 0.25) is 0 Å². The van der Waals surface area contributed by atoms with Gasteiger partial charge in [0.15, 0.2) is 0 Å². The second-order valence-electron chi connectivity index (χ2n) is 9.92. The molecule has 10 atom stereocenters. The summed E-state index contributed by atoms with van der Waals surface area (Å²) in [5.41, 5.74) is 0. The standard InChI is InChI=1S/2C8H12O3.C8H18O2/c2*1-4-2-6-7(11-6)3-5(4)8(9)10;1-3-5-8(10)7(4-2)6-9/h2*4-7H,2-3H2,1H3,(H,9,10);7-10H,3-6H2,1-2H3. The van der Waals surface area contributed by atoms with Gasteiger partial charge in [-0.05, 0) is 50.4 Å². The molecule has 0 bridgehead atoms. The zero-order valence-electron chi connectivity index (χ0n) is 19.9. The van der Waals surface area contributed by atoms with Gasteiger partial charge in [-0.15, -0.1) is 0 Å². The van der Waals surface area contributed by atoms with Crippen molar-refractivity contribution in [1.82, 2.24) is 0 Å². The average molecular weight is 459 g/mol. The number of epoxide rings is 2. The van der Waals surface area contributed by atoms with Gasteiger partial charge >= 0.3 is 11.9 Å². The molecule has 2 aliphatic heterocycles. The van der Waals surface area contributed by atoms with Crippen molar-refractivity contribution in [1.29, 1.82) is 0 Å². The highest BCUT2D eigenvalue weighted by Gasteiger charge is 2.49. The fourth-order valence-electron chi connectivity index (χ4n) is 4.96. The van der Waals surface area contributed by atoms with E-state index in [0.717, 1.165) is 44.9 Å². The highest BCUT2D eigenvalue weighted by Crippen LogP contribution is 2.43. The Morgan fingerprint density at radius 1 is 0.844 bits per heavy atom. The Morgan fingerprint density at radius 2 is 1.25 bits per heavy atom. The number of hydrogen-bond acceptors (Lipinski definition) is 6. The molecular formula is C24H42O8. The lowest BCUT2D eigenvalue weighted by atomic mass is 9.81. The minimum atomic E-state index is -0.661. The van der Waals surface area contributed by atoms with Crippen LogP contribution in [0.4, 0.5) is 0 Å². The lowest BCUT2D eigenvalue weighted by molar-refractivity contribution is -0.145. The van der Waals surface area contributed by atoms with Crippen LogP contribution in [0.3, 0.4) is 0 Å². The van der Waals surface area contributed by atoms with Crippen molar-refractivity contribution < 1.29 is 39.5 Å². The molecule has 8 nitrogen and oxygen atoms in total. The number of fused-ring (bicyclic) bond motifs is 2. The van der Waals surface area contributed by atoms with Gasteiger partial charge in [-0.1, -0.05) is 34.1 Å². The summed E-state index contributed by atoms with van der Waals surface area (Å²) in [4.78, 5) is 21.3. The normalized spacial score (nSPS) is 38.3. The summed E-state index contributed by atoms with van der Waals surface area (Å²) in [6.07, 6.45) is 6.97. The number of hydrogen-bond donors (Lipinski definition) is 4. The third-order valence-corrected chi connectivity index (χ3v) is 7.45. The van der Waals surface area contributed by atoms with E-state index < -0.39 is 11.9 Å². The molecule has 2 saturated carbocycles. The van der Waals surface area contributed by atoms with Gasteiger partial charge in [0, 0.05) is 12.5 Å². The predicted octanol–water partition coefficient (Wildman–Crippen LogP) is 2.93. The first-order valence-corrected chi connectivity index (χ1v) is 12.2. The summed E-state index contributed by atoms with van der Waals surface area (Å²) < 4.78 is 10.5. The molecule has 2 saturated heterocycles. The van der Waals surface area contributed by atoms with Crippen LogP contribution in [0, 0.1) is 29.6 Å². The Bertz CT molecular complexity index is 565. The minimum Gasteiger partial charge on any atom is -0.481 e. The van der Waals surface area contributed by atoms with Gasteiger partial charge in [0.05, 0.1) is 42.4 Å². The summed E-state index contributed by atoms with van der Waals surface area (Å²) in [6.45, 7) is 8.12. The number of carboxylic acids is 2. The van der Waals surface area contributed by atoms with E-state index in [0.29, 0.717) is 12.2 Å². The molecule has 0 aromatic rings. The Morgan fingerprint density at radius 3 is 1.56 bits per heavy atom. The van der Waals surface area contributed by atoms with E-state index >= 15 is 0 Å². The quantitative estimate of drug-likeness (QED) is 0.427. The van der Waals surface area contributed by atoms with E-state index in [-0.39, 0.29) is 54.5 Å². The summed E-state index contributed by atoms with van der Waals surface area (Å²) in [5.74, 6) is -0.997. The first kappa shape index (κ1) is 27.0. The maximum atomic E-state index is 10.7. The molecule has 4 N–H and O–H groups in total. The van der Waals surface area contributed by atoms with Gasteiger partial charge in [-0.3, -0.25) is 9.59 Å². The molecule has 2 aliphatic carbocycles. The largest absolute Gasteiger partial charge is 0.481 e. The molecule has 32 heavy (non-hydrogen) atoms. The SMILES string of the molecule is CC1CC2OC2CC1C(=O)O.CC1CC2OC2CC1C(=O)O.CCCC(O)C(CC)CO. The van der Waals surface area contributed by atoms with Gasteiger partial charge in [0.1, 0.15) is 0 Å². The van der Waals surface area contributed by atoms with E-state index in [2.05, 4.69) is 0 Å². The van der Waals surface area contributed by atoms with Crippen molar-refractivity contribution >= 4 is 11.9 Å². The van der Waals surface area contributed by atoms with Gasteiger partial charge in [0.25, 0.3) is 0 Å². The van der Waals surface area contributed by atoms with Crippen LogP contribution in [0.25, 0.3) is 0 Å². The van der Waals surface area contributed by atoms with E-state index in [4.69, 9.17) is 24.8 Å². The summed E-state index contributed by atoms with van der Waals surface area (Å²) >= 11 is 0. The van der Waals surface area contributed by atoms with Crippen LogP contribution < -0.4 is 0 Å². The van der Waals surface area contributed by atoms with Gasteiger partial charge in [-0.2, -0.15) is 0 Å². The molecule has 0 amide bonds. The smallest absolute Gasteiger partial charge is 0.306 e. The van der Waals surface area contributed by atoms with Crippen molar-refractivity contribution in [2.45, 2.75) is 103 Å².